The molecule has 1 amide bonds. The van der Waals surface area contributed by atoms with Gasteiger partial charge in [0.1, 0.15) is 6.61 Å². The Morgan fingerprint density at radius 3 is 2.88 bits per heavy atom. The first kappa shape index (κ1) is 17.4. The maximum absolute atomic E-state index is 13.4. The number of amides is 1. The smallest absolute Gasteiger partial charge is 0.253 e. The number of likely N-dealkylation sites (tertiary alicyclic amines) is 1. The van der Waals surface area contributed by atoms with Gasteiger partial charge in [-0.25, -0.2) is 8.78 Å². The zero-order valence-corrected chi connectivity index (χ0v) is 13.5. The molecule has 0 radical (unpaired) electrons. The molecule has 0 aliphatic carbocycles. The average Bonchev–Trinajstić information content (AvgIpc) is 3.23. The first-order valence-corrected chi connectivity index (χ1v) is 7.70. The van der Waals surface area contributed by atoms with Crippen LogP contribution in [-0.4, -0.2) is 52.9 Å². The summed E-state index contributed by atoms with van der Waals surface area (Å²) in [6.45, 7) is 0.504. The molecular formula is C16H17F2N3O4. The van der Waals surface area contributed by atoms with Crippen LogP contribution in [0.1, 0.15) is 28.0 Å². The lowest BCUT2D eigenvalue weighted by Crippen LogP contribution is -2.29. The number of ether oxygens (including phenoxy) is 1. The summed E-state index contributed by atoms with van der Waals surface area (Å²) in [6.07, 6.45) is 0. The third-order valence-electron chi connectivity index (χ3n) is 4.20. The first-order chi connectivity index (χ1) is 12.0. The molecule has 1 N–H and O–H groups in total. The molecule has 0 saturated carbocycles. The molecule has 1 saturated heterocycles. The molecule has 9 heteroatoms. The Kier molecular flexibility index (Phi) is 5.05. The highest BCUT2D eigenvalue weighted by atomic mass is 19.2. The summed E-state index contributed by atoms with van der Waals surface area (Å²) in [5, 5.41) is 13.4. The monoisotopic (exact) mass is 353 g/mol. The summed E-state index contributed by atoms with van der Waals surface area (Å²) in [5.41, 5.74) is 0.0434. The lowest BCUT2D eigenvalue weighted by atomic mass is 9.97. The standard InChI is InChI=1S/C16H17F2N3O4/c1-24-8-14-19-15(25-20-14)11-6-21(5-10(11)7-22)16(23)9-2-3-12(17)13(18)4-9/h2-4,10-11,22H,5-8H2,1H3/t10-,11+/m0/s1. The zero-order chi connectivity index (χ0) is 18.0. The lowest BCUT2D eigenvalue weighted by molar-refractivity contribution is 0.0780. The summed E-state index contributed by atoms with van der Waals surface area (Å²) in [4.78, 5) is 18.2. The molecule has 7 nitrogen and oxygen atoms in total. The highest BCUT2D eigenvalue weighted by Crippen LogP contribution is 2.32. The van der Waals surface area contributed by atoms with Gasteiger partial charge < -0.3 is 19.3 Å². The van der Waals surface area contributed by atoms with Crippen LogP contribution < -0.4 is 0 Å². The summed E-state index contributed by atoms with van der Waals surface area (Å²) in [6, 6.07) is 3.00. The molecule has 2 atom stereocenters. The number of aliphatic hydroxyl groups excluding tert-OH is 1. The highest BCUT2D eigenvalue weighted by molar-refractivity contribution is 5.94. The Labute approximate surface area is 142 Å². The Balaban J connectivity index is 1.77. The number of nitrogens with zero attached hydrogens (tertiary/aromatic N) is 3. The van der Waals surface area contributed by atoms with Crippen LogP contribution in [0, 0.1) is 17.6 Å². The van der Waals surface area contributed by atoms with Crippen molar-refractivity contribution in [3.63, 3.8) is 0 Å². The van der Waals surface area contributed by atoms with Crippen LogP contribution in [-0.2, 0) is 11.3 Å². The minimum Gasteiger partial charge on any atom is -0.396 e. The van der Waals surface area contributed by atoms with E-state index in [0.29, 0.717) is 11.7 Å². The van der Waals surface area contributed by atoms with Gasteiger partial charge in [0.25, 0.3) is 5.91 Å². The topological polar surface area (TPSA) is 88.7 Å². The van der Waals surface area contributed by atoms with Crippen molar-refractivity contribution in [1.29, 1.82) is 0 Å². The predicted molar refractivity (Wildman–Crippen MR) is 80.6 cm³/mol. The van der Waals surface area contributed by atoms with Crippen molar-refractivity contribution in [3.05, 3.63) is 47.1 Å². The molecule has 2 aromatic rings. The molecule has 1 aromatic heterocycles. The van der Waals surface area contributed by atoms with Gasteiger partial charge in [-0.15, -0.1) is 0 Å². The molecule has 1 aliphatic heterocycles. The van der Waals surface area contributed by atoms with Crippen molar-refractivity contribution in [1.82, 2.24) is 15.0 Å². The molecular weight excluding hydrogens is 336 g/mol. The second-order valence-electron chi connectivity index (χ2n) is 5.87. The fraction of sp³-hybridized carbons (Fsp3) is 0.438. The van der Waals surface area contributed by atoms with Gasteiger partial charge in [0.2, 0.25) is 5.89 Å². The fourth-order valence-corrected chi connectivity index (χ4v) is 2.92. The van der Waals surface area contributed by atoms with E-state index in [4.69, 9.17) is 9.26 Å². The van der Waals surface area contributed by atoms with Gasteiger partial charge in [-0.3, -0.25) is 4.79 Å². The van der Waals surface area contributed by atoms with Crippen LogP contribution in [0.3, 0.4) is 0 Å². The van der Waals surface area contributed by atoms with Crippen molar-refractivity contribution in [2.24, 2.45) is 5.92 Å². The summed E-state index contributed by atoms with van der Waals surface area (Å²) in [5.74, 6) is -2.48. The number of hydrogen-bond acceptors (Lipinski definition) is 6. The lowest BCUT2D eigenvalue weighted by Gasteiger charge is -2.16. The number of carbonyl (C=O) groups is 1. The maximum atomic E-state index is 13.4. The van der Waals surface area contributed by atoms with E-state index in [1.54, 1.807) is 0 Å². The minimum absolute atomic E-state index is 0.0434. The van der Waals surface area contributed by atoms with Gasteiger partial charge in [-0.1, -0.05) is 5.16 Å². The van der Waals surface area contributed by atoms with E-state index in [2.05, 4.69) is 10.1 Å². The maximum Gasteiger partial charge on any atom is 0.253 e. The van der Waals surface area contributed by atoms with E-state index in [9.17, 15) is 18.7 Å². The molecule has 0 unspecified atom stereocenters. The van der Waals surface area contributed by atoms with Gasteiger partial charge in [-0.05, 0) is 18.2 Å². The van der Waals surface area contributed by atoms with Crippen LogP contribution in [0.2, 0.25) is 0 Å². The molecule has 1 fully saturated rings. The number of aromatic nitrogens is 2. The normalized spacial score (nSPS) is 20.2. The van der Waals surface area contributed by atoms with Gasteiger partial charge in [0.05, 0.1) is 5.92 Å². The average molecular weight is 353 g/mol. The highest BCUT2D eigenvalue weighted by Gasteiger charge is 2.39. The third kappa shape index (κ3) is 3.52. The predicted octanol–water partition coefficient (Wildman–Crippen LogP) is 1.34. The van der Waals surface area contributed by atoms with Crippen molar-refractivity contribution in [3.8, 4) is 0 Å². The van der Waals surface area contributed by atoms with E-state index in [0.717, 1.165) is 12.1 Å². The van der Waals surface area contributed by atoms with Crippen LogP contribution in [0.4, 0.5) is 8.78 Å². The molecule has 1 aromatic carbocycles. The molecule has 134 valence electrons. The second-order valence-corrected chi connectivity index (χ2v) is 5.87. The minimum atomic E-state index is -1.08. The van der Waals surface area contributed by atoms with Crippen LogP contribution >= 0.6 is 0 Å². The quantitative estimate of drug-likeness (QED) is 0.873. The molecule has 0 bridgehead atoms. The summed E-state index contributed by atoms with van der Waals surface area (Å²) >= 11 is 0. The van der Waals surface area contributed by atoms with E-state index < -0.39 is 17.5 Å². The summed E-state index contributed by atoms with van der Waals surface area (Å²) in [7, 11) is 1.50. The van der Waals surface area contributed by atoms with E-state index in [-0.39, 0.29) is 43.7 Å². The fourth-order valence-electron chi connectivity index (χ4n) is 2.92. The van der Waals surface area contributed by atoms with Crippen LogP contribution in [0.5, 0.6) is 0 Å². The number of benzene rings is 1. The van der Waals surface area contributed by atoms with E-state index in [1.807, 2.05) is 0 Å². The SMILES string of the molecule is COCc1noc([C@@H]2CN(C(=O)c3ccc(F)c(F)c3)C[C@H]2CO)n1. The number of hydrogen-bond donors (Lipinski definition) is 1. The Bertz CT molecular complexity index is 768. The van der Waals surface area contributed by atoms with E-state index >= 15 is 0 Å². The number of carbonyl (C=O) groups excluding carboxylic acids is 1. The Morgan fingerprint density at radius 1 is 1.40 bits per heavy atom. The number of rotatable bonds is 5. The third-order valence-corrected chi connectivity index (χ3v) is 4.20. The largest absolute Gasteiger partial charge is 0.396 e. The van der Waals surface area contributed by atoms with Gasteiger partial charge in [0, 0.05) is 38.3 Å². The Morgan fingerprint density at radius 2 is 2.20 bits per heavy atom. The number of halogens is 2. The van der Waals surface area contributed by atoms with Crippen molar-refractivity contribution >= 4 is 5.91 Å². The van der Waals surface area contributed by atoms with E-state index in [1.165, 1.54) is 18.1 Å². The molecule has 0 spiro atoms. The number of aliphatic hydroxyl groups is 1. The van der Waals surface area contributed by atoms with Gasteiger partial charge in [0.15, 0.2) is 17.5 Å². The van der Waals surface area contributed by atoms with Crippen LogP contribution in [0.25, 0.3) is 0 Å². The second kappa shape index (κ2) is 7.24. The zero-order valence-electron chi connectivity index (χ0n) is 13.5. The molecule has 1 aliphatic rings. The van der Waals surface area contributed by atoms with Crippen LogP contribution in [0.15, 0.2) is 22.7 Å². The first-order valence-electron chi connectivity index (χ1n) is 7.70. The van der Waals surface area contributed by atoms with Gasteiger partial charge >= 0.3 is 0 Å². The molecule has 3 rings (SSSR count). The van der Waals surface area contributed by atoms with Gasteiger partial charge in [-0.2, -0.15) is 4.98 Å². The summed E-state index contributed by atoms with van der Waals surface area (Å²) < 4.78 is 36.5. The Hall–Kier alpha value is -2.39. The number of methoxy groups -OCH3 is 1. The van der Waals surface area contributed by atoms with Crippen molar-refractivity contribution in [2.75, 3.05) is 26.8 Å². The molecule has 25 heavy (non-hydrogen) atoms. The van der Waals surface area contributed by atoms with Crippen molar-refractivity contribution in [2.45, 2.75) is 12.5 Å². The molecule has 2 heterocycles. The van der Waals surface area contributed by atoms with Crippen molar-refractivity contribution < 1.29 is 27.9 Å².